The lowest BCUT2D eigenvalue weighted by molar-refractivity contribution is -0.120. The van der Waals surface area contributed by atoms with E-state index in [1.165, 1.54) is 35.7 Å². The van der Waals surface area contributed by atoms with Gasteiger partial charge in [0.25, 0.3) is 0 Å². The van der Waals surface area contributed by atoms with Gasteiger partial charge in [-0.3, -0.25) is 4.79 Å². The molecule has 29 heavy (non-hydrogen) atoms. The highest BCUT2D eigenvalue weighted by Crippen LogP contribution is 2.32. The predicted octanol–water partition coefficient (Wildman–Crippen LogP) is 3.67. The van der Waals surface area contributed by atoms with Crippen LogP contribution < -0.4 is 10.1 Å². The van der Waals surface area contributed by atoms with Gasteiger partial charge in [0.05, 0.1) is 13.0 Å². The van der Waals surface area contributed by atoms with E-state index in [0.717, 1.165) is 12.1 Å². The standard InChI is InChI=1S/C19H19ClF2N2O4S/c1-28-17-7-4-13(20)9-18(17)29(26,27)24-8-2-3-12(11-24)19(25)23-14-5-6-15(21)16(22)10-14/h4-7,9-10,12H,2-3,8,11H2,1H3,(H,23,25). The maximum Gasteiger partial charge on any atom is 0.246 e. The maximum atomic E-state index is 13.3. The molecule has 1 N–H and O–H groups in total. The summed E-state index contributed by atoms with van der Waals surface area (Å²) in [5.41, 5.74) is 0.102. The van der Waals surface area contributed by atoms with E-state index in [1.54, 1.807) is 0 Å². The fourth-order valence-corrected chi connectivity index (χ4v) is 5.13. The van der Waals surface area contributed by atoms with Gasteiger partial charge >= 0.3 is 0 Å². The van der Waals surface area contributed by atoms with Crippen LogP contribution in [0.3, 0.4) is 0 Å². The van der Waals surface area contributed by atoms with E-state index >= 15 is 0 Å². The fourth-order valence-electron chi connectivity index (χ4n) is 3.18. The van der Waals surface area contributed by atoms with Crippen LogP contribution in [0.2, 0.25) is 5.02 Å². The summed E-state index contributed by atoms with van der Waals surface area (Å²) in [4.78, 5) is 12.5. The molecule has 1 unspecified atom stereocenters. The summed E-state index contributed by atoms with van der Waals surface area (Å²) in [7, 11) is -2.59. The van der Waals surface area contributed by atoms with E-state index in [-0.39, 0.29) is 34.4 Å². The molecule has 1 atom stereocenters. The minimum absolute atomic E-state index is 0.0481. The molecule has 1 aliphatic rings. The summed E-state index contributed by atoms with van der Waals surface area (Å²) < 4.78 is 58.9. The number of halogens is 3. The molecule has 0 aliphatic carbocycles. The summed E-state index contributed by atoms with van der Waals surface area (Å²) in [6.45, 7) is 0.195. The highest BCUT2D eigenvalue weighted by Gasteiger charge is 2.35. The second-order valence-corrected chi connectivity index (χ2v) is 8.96. The third kappa shape index (κ3) is 4.68. The lowest BCUT2D eigenvalue weighted by Crippen LogP contribution is -2.43. The molecule has 0 bridgehead atoms. The molecular formula is C19H19ClF2N2O4S. The molecule has 2 aromatic carbocycles. The van der Waals surface area contributed by atoms with Crippen LogP contribution in [-0.4, -0.2) is 38.8 Å². The van der Waals surface area contributed by atoms with E-state index in [1.807, 2.05) is 0 Å². The molecule has 0 radical (unpaired) electrons. The number of ether oxygens (including phenoxy) is 1. The van der Waals surface area contributed by atoms with Crippen LogP contribution in [0.5, 0.6) is 5.75 Å². The average Bonchev–Trinajstić information content (AvgIpc) is 2.70. The molecule has 10 heteroatoms. The molecule has 1 aliphatic heterocycles. The van der Waals surface area contributed by atoms with Crippen LogP contribution in [0, 0.1) is 17.6 Å². The first-order valence-electron chi connectivity index (χ1n) is 8.82. The van der Waals surface area contributed by atoms with Crippen LogP contribution in [0.25, 0.3) is 0 Å². The van der Waals surface area contributed by atoms with Crippen molar-refractivity contribution in [3.63, 3.8) is 0 Å². The Labute approximate surface area is 172 Å². The molecule has 1 saturated heterocycles. The Morgan fingerprint density at radius 3 is 2.66 bits per heavy atom. The van der Waals surface area contributed by atoms with Gasteiger partial charge in [0.2, 0.25) is 15.9 Å². The van der Waals surface area contributed by atoms with Crippen molar-refractivity contribution in [3.05, 3.63) is 53.1 Å². The zero-order valence-electron chi connectivity index (χ0n) is 15.5. The molecule has 1 fully saturated rings. The van der Waals surface area contributed by atoms with Gasteiger partial charge in [-0.15, -0.1) is 0 Å². The number of hydrogen-bond acceptors (Lipinski definition) is 4. The number of carbonyl (C=O) groups is 1. The summed E-state index contributed by atoms with van der Waals surface area (Å²) in [6.07, 6.45) is 0.937. The van der Waals surface area contributed by atoms with E-state index < -0.39 is 33.5 Å². The Hall–Kier alpha value is -2.23. The molecule has 1 amide bonds. The van der Waals surface area contributed by atoms with Crippen molar-refractivity contribution in [3.8, 4) is 5.75 Å². The summed E-state index contributed by atoms with van der Waals surface area (Å²) in [5, 5.41) is 2.75. The fraction of sp³-hybridized carbons (Fsp3) is 0.316. The highest BCUT2D eigenvalue weighted by molar-refractivity contribution is 7.89. The Morgan fingerprint density at radius 1 is 1.21 bits per heavy atom. The first kappa shape index (κ1) is 21.5. The molecule has 6 nitrogen and oxygen atoms in total. The van der Waals surface area contributed by atoms with Gasteiger partial charge in [-0.1, -0.05) is 11.6 Å². The zero-order chi connectivity index (χ0) is 21.2. The molecule has 1 heterocycles. The number of nitrogens with one attached hydrogen (secondary N) is 1. The number of rotatable bonds is 5. The molecule has 2 aromatic rings. The third-order valence-corrected chi connectivity index (χ3v) is 6.81. The van der Waals surface area contributed by atoms with E-state index in [2.05, 4.69) is 5.32 Å². The van der Waals surface area contributed by atoms with Crippen LogP contribution in [0.15, 0.2) is 41.3 Å². The van der Waals surface area contributed by atoms with Crippen LogP contribution in [-0.2, 0) is 14.8 Å². The molecule has 0 saturated carbocycles. The molecule has 0 spiro atoms. The van der Waals surface area contributed by atoms with Gasteiger partial charge in [0, 0.05) is 29.9 Å². The van der Waals surface area contributed by atoms with Gasteiger partial charge in [-0.05, 0) is 43.2 Å². The smallest absolute Gasteiger partial charge is 0.246 e. The van der Waals surface area contributed by atoms with Gasteiger partial charge in [0.1, 0.15) is 10.6 Å². The summed E-state index contributed by atoms with van der Waals surface area (Å²) >= 11 is 5.95. The monoisotopic (exact) mass is 444 g/mol. The Kier molecular flexibility index (Phi) is 6.40. The van der Waals surface area contributed by atoms with Gasteiger partial charge < -0.3 is 10.1 Å². The number of hydrogen-bond donors (Lipinski definition) is 1. The van der Waals surface area contributed by atoms with Crippen LogP contribution >= 0.6 is 11.6 Å². The number of methoxy groups -OCH3 is 1. The minimum Gasteiger partial charge on any atom is -0.495 e. The minimum atomic E-state index is -3.94. The normalized spacial score (nSPS) is 17.7. The highest BCUT2D eigenvalue weighted by atomic mass is 35.5. The summed E-state index contributed by atoms with van der Waals surface area (Å²) in [6, 6.07) is 7.32. The lowest BCUT2D eigenvalue weighted by Gasteiger charge is -2.31. The maximum absolute atomic E-state index is 13.3. The summed E-state index contributed by atoms with van der Waals surface area (Å²) in [5.74, 6) is -3.05. The first-order chi connectivity index (χ1) is 13.7. The molecule has 0 aromatic heterocycles. The predicted molar refractivity (Wildman–Crippen MR) is 104 cm³/mol. The van der Waals surface area contributed by atoms with Crippen molar-refractivity contribution in [2.75, 3.05) is 25.5 Å². The Bertz CT molecular complexity index is 1030. The number of amides is 1. The second-order valence-electron chi connectivity index (χ2n) is 6.62. The van der Waals surface area contributed by atoms with Gasteiger partial charge in [-0.25, -0.2) is 17.2 Å². The Morgan fingerprint density at radius 2 is 1.97 bits per heavy atom. The van der Waals surface area contributed by atoms with Gasteiger partial charge in [-0.2, -0.15) is 4.31 Å². The van der Waals surface area contributed by atoms with Crippen LogP contribution in [0.4, 0.5) is 14.5 Å². The number of benzene rings is 2. The number of anilines is 1. The molecular weight excluding hydrogens is 426 g/mol. The first-order valence-corrected chi connectivity index (χ1v) is 10.6. The quantitative estimate of drug-likeness (QED) is 0.763. The average molecular weight is 445 g/mol. The van der Waals surface area contributed by atoms with Crippen molar-refractivity contribution in [2.45, 2.75) is 17.7 Å². The van der Waals surface area contributed by atoms with Crippen LogP contribution in [0.1, 0.15) is 12.8 Å². The van der Waals surface area contributed by atoms with Gasteiger partial charge in [0.15, 0.2) is 11.6 Å². The molecule has 3 rings (SSSR count). The topological polar surface area (TPSA) is 75.7 Å². The lowest BCUT2D eigenvalue weighted by atomic mass is 9.98. The number of carbonyl (C=O) groups excluding carboxylic acids is 1. The number of sulfonamides is 1. The van der Waals surface area contributed by atoms with Crippen molar-refractivity contribution in [1.82, 2.24) is 4.31 Å². The van der Waals surface area contributed by atoms with E-state index in [0.29, 0.717) is 12.8 Å². The number of nitrogens with zero attached hydrogens (tertiary/aromatic N) is 1. The van der Waals surface area contributed by atoms with Crippen molar-refractivity contribution >= 4 is 33.2 Å². The SMILES string of the molecule is COc1ccc(Cl)cc1S(=O)(=O)N1CCCC(C(=O)Nc2ccc(F)c(F)c2)C1. The van der Waals surface area contributed by atoms with Crippen molar-refractivity contribution < 1.29 is 26.7 Å². The van der Waals surface area contributed by atoms with Crippen molar-refractivity contribution in [2.24, 2.45) is 5.92 Å². The second kappa shape index (κ2) is 8.64. The third-order valence-electron chi connectivity index (χ3n) is 4.69. The van der Waals surface area contributed by atoms with E-state index in [9.17, 15) is 22.0 Å². The number of piperidine rings is 1. The van der Waals surface area contributed by atoms with E-state index in [4.69, 9.17) is 16.3 Å². The largest absolute Gasteiger partial charge is 0.495 e. The van der Waals surface area contributed by atoms with Crippen molar-refractivity contribution in [1.29, 1.82) is 0 Å². The zero-order valence-corrected chi connectivity index (χ0v) is 17.1. The Balaban J connectivity index is 1.78. The molecule has 156 valence electrons.